The van der Waals surface area contributed by atoms with E-state index in [-0.39, 0.29) is 5.41 Å². The molecule has 276 valence electrons. The SMILES string of the molecule is CC1(C)c2ccccc2-c2ccc(-c3nc(-c4ccccc4)nc(-c4ccc5c(c4)C4(c6ccccc6-c6ccccc64)c4c-5ccc5c4oc4ccccc45)n3)cc21. The fraction of sp³-hybridized carbons (Fsp3) is 0.0727. The van der Waals surface area contributed by atoms with Gasteiger partial charge in [-0.25, -0.2) is 15.0 Å². The molecule has 0 bridgehead atoms. The third kappa shape index (κ3) is 4.25. The maximum Gasteiger partial charge on any atom is 0.164 e. The van der Waals surface area contributed by atoms with Crippen molar-refractivity contribution in [2.24, 2.45) is 0 Å². The predicted molar refractivity (Wildman–Crippen MR) is 237 cm³/mol. The maximum absolute atomic E-state index is 6.92. The van der Waals surface area contributed by atoms with Crippen LogP contribution in [-0.4, -0.2) is 15.0 Å². The summed E-state index contributed by atoms with van der Waals surface area (Å²) in [6.45, 7) is 4.62. The van der Waals surface area contributed by atoms with Gasteiger partial charge in [0.15, 0.2) is 17.5 Å². The van der Waals surface area contributed by atoms with Crippen LogP contribution in [0.5, 0.6) is 0 Å². The minimum Gasteiger partial charge on any atom is -0.456 e. The molecule has 3 aliphatic carbocycles. The number of aromatic nitrogens is 3. The van der Waals surface area contributed by atoms with E-state index in [1.54, 1.807) is 0 Å². The third-order valence-corrected chi connectivity index (χ3v) is 13.4. The van der Waals surface area contributed by atoms with E-state index in [4.69, 9.17) is 19.4 Å². The van der Waals surface area contributed by atoms with E-state index in [1.165, 1.54) is 66.8 Å². The van der Waals surface area contributed by atoms with Crippen molar-refractivity contribution in [1.29, 1.82) is 0 Å². The summed E-state index contributed by atoms with van der Waals surface area (Å²) in [4.78, 5) is 15.8. The Morgan fingerprint density at radius 3 is 1.54 bits per heavy atom. The van der Waals surface area contributed by atoms with Crippen LogP contribution in [0.1, 0.15) is 47.2 Å². The van der Waals surface area contributed by atoms with E-state index in [1.807, 2.05) is 18.2 Å². The Bertz CT molecular complexity index is 3380. The molecule has 8 aromatic carbocycles. The number of hydrogen-bond acceptors (Lipinski definition) is 4. The molecule has 1 spiro atoms. The average molecular weight is 754 g/mol. The summed E-state index contributed by atoms with van der Waals surface area (Å²) < 4.78 is 6.92. The fourth-order valence-corrected chi connectivity index (χ4v) is 10.7. The Kier molecular flexibility index (Phi) is 6.41. The van der Waals surface area contributed by atoms with Gasteiger partial charge in [0.1, 0.15) is 11.2 Å². The quantitative estimate of drug-likeness (QED) is 0.180. The van der Waals surface area contributed by atoms with Crippen molar-refractivity contribution in [3.63, 3.8) is 0 Å². The minimum absolute atomic E-state index is 0.150. The molecule has 59 heavy (non-hydrogen) atoms. The molecule has 4 nitrogen and oxygen atoms in total. The zero-order valence-electron chi connectivity index (χ0n) is 32.5. The largest absolute Gasteiger partial charge is 0.456 e. The molecule has 13 rings (SSSR count). The summed E-state index contributed by atoms with van der Waals surface area (Å²) in [5.74, 6) is 1.94. The third-order valence-electron chi connectivity index (χ3n) is 13.4. The van der Waals surface area contributed by atoms with E-state index in [0.29, 0.717) is 17.5 Å². The number of furan rings is 1. The molecule has 2 aromatic heterocycles. The topological polar surface area (TPSA) is 51.8 Å². The zero-order valence-corrected chi connectivity index (χ0v) is 32.5. The lowest BCUT2D eigenvalue weighted by molar-refractivity contribution is 0.652. The van der Waals surface area contributed by atoms with Crippen molar-refractivity contribution < 1.29 is 4.42 Å². The lowest BCUT2D eigenvalue weighted by atomic mass is 9.70. The Morgan fingerprint density at radius 2 is 0.864 bits per heavy atom. The summed E-state index contributed by atoms with van der Waals surface area (Å²) >= 11 is 0. The highest BCUT2D eigenvalue weighted by Gasteiger charge is 2.53. The highest BCUT2D eigenvalue weighted by molar-refractivity contribution is 6.11. The summed E-state index contributed by atoms with van der Waals surface area (Å²) in [7, 11) is 0. The van der Waals surface area contributed by atoms with E-state index in [9.17, 15) is 0 Å². The summed E-state index contributed by atoms with van der Waals surface area (Å²) in [5.41, 5.74) is 18.9. The van der Waals surface area contributed by atoms with Crippen LogP contribution in [-0.2, 0) is 10.8 Å². The molecule has 0 saturated heterocycles. The standard InChI is InChI=1S/C55H35N3O/c1-54(2)43-20-10-6-16-35(43)38-26-24-33(30-46(38)54)52-56-51(32-14-4-3-5-15-32)57-53(58-52)34-25-27-39-41-28-29-42-40-19-9-13-23-48(40)59-50(42)49(41)55(47(39)31-34)44-21-11-7-17-36(44)37-18-8-12-22-45(37)55/h3-31H,1-2H3. The van der Waals surface area contributed by atoms with Crippen LogP contribution < -0.4 is 0 Å². The predicted octanol–water partition coefficient (Wildman–Crippen LogP) is 13.4. The van der Waals surface area contributed by atoms with Crippen LogP contribution in [0, 0.1) is 0 Å². The zero-order chi connectivity index (χ0) is 39.0. The van der Waals surface area contributed by atoms with Crippen molar-refractivity contribution in [2.45, 2.75) is 24.7 Å². The average Bonchev–Trinajstić information content (AvgIpc) is 3.98. The van der Waals surface area contributed by atoms with Gasteiger partial charge >= 0.3 is 0 Å². The Balaban J connectivity index is 1.07. The van der Waals surface area contributed by atoms with Crippen LogP contribution in [0.2, 0.25) is 0 Å². The molecule has 0 radical (unpaired) electrons. The highest BCUT2D eigenvalue weighted by atomic mass is 16.3. The number of rotatable bonds is 3. The van der Waals surface area contributed by atoms with Gasteiger partial charge in [-0.05, 0) is 85.5 Å². The summed E-state index contributed by atoms with van der Waals surface area (Å²) in [6.07, 6.45) is 0. The molecule has 0 fully saturated rings. The monoisotopic (exact) mass is 753 g/mol. The lowest BCUT2D eigenvalue weighted by Gasteiger charge is -2.30. The second-order valence-corrected chi connectivity index (χ2v) is 16.7. The van der Waals surface area contributed by atoms with Gasteiger partial charge in [-0.1, -0.05) is 166 Å². The molecule has 0 amide bonds. The van der Waals surface area contributed by atoms with Crippen LogP contribution in [0.4, 0.5) is 0 Å². The van der Waals surface area contributed by atoms with Crippen LogP contribution in [0.15, 0.2) is 180 Å². The molecule has 4 heteroatoms. The van der Waals surface area contributed by atoms with Gasteiger partial charge in [0, 0.05) is 38.4 Å². The number of fused-ring (bicyclic) bond motifs is 17. The van der Waals surface area contributed by atoms with Gasteiger partial charge in [-0.3, -0.25) is 0 Å². The van der Waals surface area contributed by atoms with Gasteiger partial charge in [-0.15, -0.1) is 0 Å². The first-order valence-corrected chi connectivity index (χ1v) is 20.4. The van der Waals surface area contributed by atoms with Gasteiger partial charge in [-0.2, -0.15) is 0 Å². The second kappa shape index (κ2) is 11.6. The van der Waals surface area contributed by atoms with Crippen LogP contribution >= 0.6 is 0 Å². The number of para-hydroxylation sites is 1. The van der Waals surface area contributed by atoms with E-state index >= 15 is 0 Å². The van der Waals surface area contributed by atoms with Gasteiger partial charge < -0.3 is 4.42 Å². The number of hydrogen-bond donors (Lipinski definition) is 0. The number of benzene rings is 8. The Morgan fingerprint density at radius 1 is 0.373 bits per heavy atom. The first-order valence-electron chi connectivity index (χ1n) is 20.4. The maximum atomic E-state index is 6.92. The number of nitrogens with zero attached hydrogens (tertiary/aromatic N) is 3. The first-order chi connectivity index (χ1) is 29.0. The van der Waals surface area contributed by atoms with E-state index < -0.39 is 5.41 Å². The van der Waals surface area contributed by atoms with Gasteiger partial charge in [0.25, 0.3) is 0 Å². The van der Waals surface area contributed by atoms with Crippen molar-refractivity contribution in [3.05, 3.63) is 209 Å². The van der Waals surface area contributed by atoms with Crippen molar-refractivity contribution >= 4 is 21.9 Å². The van der Waals surface area contributed by atoms with E-state index in [2.05, 4.69) is 172 Å². The molecule has 10 aromatic rings. The van der Waals surface area contributed by atoms with Crippen molar-refractivity contribution in [3.8, 4) is 67.5 Å². The van der Waals surface area contributed by atoms with Gasteiger partial charge in [0.2, 0.25) is 0 Å². The van der Waals surface area contributed by atoms with E-state index in [0.717, 1.165) is 38.6 Å². The molecule has 2 heterocycles. The fourth-order valence-electron chi connectivity index (χ4n) is 10.7. The minimum atomic E-state index is -0.625. The van der Waals surface area contributed by atoms with Crippen molar-refractivity contribution in [2.75, 3.05) is 0 Å². The highest BCUT2D eigenvalue weighted by Crippen LogP contribution is 2.65. The molecule has 0 aliphatic heterocycles. The van der Waals surface area contributed by atoms with Gasteiger partial charge in [0.05, 0.1) is 5.41 Å². The van der Waals surface area contributed by atoms with Crippen molar-refractivity contribution in [1.82, 2.24) is 15.0 Å². The second-order valence-electron chi connectivity index (χ2n) is 16.7. The molecular weight excluding hydrogens is 719 g/mol. The molecule has 0 unspecified atom stereocenters. The Labute approximate surface area is 341 Å². The first kappa shape index (κ1) is 32.6. The van der Waals surface area contributed by atoms with Crippen LogP contribution in [0.3, 0.4) is 0 Å². The Hall–Kier alpha value is -7.43. The molecule has 0 N–H and O–H groups in total. The smallest absolute Gasteiger partial charge is 0.164 e. The molecule has 3 aliphatic rings. The normalized spacial score (nSPS) is 14.5. The lowest BCUT2D eigenvalue weighted by Crippen LogP contribution is -2.26. The molecule has 0 saturated carbocycles. The molecule has 0 atom stereocenters. The molecular formula is C55H35N3O. The summed E-state index contributed by atoms with van der Waals surface area (Å²) in [5, 5.41) is 2.26. The summed E-state index contributed by atoms with van der Waals surface area (Å²) in [6, 6.07) is 63.3. The van der Waals surface area contributed by atoms with Crippen LogP contribution in [0.25, 0.3) is 89.5 Å².